The third-order valence-corrected chi connectivity index (χ3v) is 3.90. The second kappa shape index (κ2) is 5.17. The van der Waals surface area contributed by atoms with Crippen LogP contribution in [-0.2, 0) is 19.8 Å². The lowest BCUT2D eigenvalue weighted by atomic mass is 10.2. The lowest BCUT2D eigenvalue weighted by Crippen LogP contribution is -2.40. The minimum atomic E-state index is -4.42. The van der Waals surface area contributed by atoms with Gasteiger partial charge in [-0.1, -0.05) is 0 Å². The number of halogens is 1. The highest BCUT2D eigenvalue weighted by Crippen LogP contribution is 2.39. The summed E-state index contributed by atoms with van der Waals surface area (Å²) < 4.78 is 43.5. The van der Waals surface area contributed by atoms with E-state index in [4.69, 9.17) is 25.6 Å². The van der Waals surface area contributed by atoms with Crippen molar-refractivity contribution in [3.05, 3.63) is 23.2 Å². The van der Waals surface area contributed by atoms with Gasteiger partial charge in [-0.15, -0.1) is 0 Å². The molecule has 0 bridgehead atoms. The van der Waals surface area contributed by atoms with Gasteiger partial charge in [0.15, 0.2) is 12.0 Å². The predicted molar refractivity (Wildman–Crippen MR) is 69.1 cm³/mol. The van der Waals surface area contributed by atoms with Crippen molar-refractivity contribution in [3.63, 3.8) is 0 Å². The molecule has 0 spiro atoms. The zero-order valence-corrected chi connectivity index (χ0v) is 12.6. The molecule has 0 saturated carbocycles. The van der Waals surface area contributed by atoms with Crippen LogP contribution in [0.25, 0.3) is 0 Å². The Morgan fingerprint density at radius 1 is 1.35 bits per heavy atom. The first-order valence-corrected chi connectivity index (χ1v) is 7.41. The average Bonchev–Trinajstić information content (AvgIpc) is 2.64. The van der Waals surface area contributed by atoms with Gasteiger partial charge in [-0.05, 0) is 25.4 Å². The smallest absolute Gasteiger partial charge is 0.337 e. The Balaban J connectivity index is 2.36. The molecule has 0 aliphatic carbocycles. The van der Waals surface area contributed by atoms with Crippen LogP contribution in [-0.4, -0.2) is 46.3 Å². The van der Waals surface area contributed by atoms with Gasteiger partial charge in [0, 0.05) is 25.0 Å². The molecule has 1 aliphatic heterocycles. The maximum atomic E-state index is 11.3. The highest BCUT2D eigenvalue weighted by molar-refractivity contribution is 7.83. The van der Waals surface area contributed by atoms with Crippen molar-refractivity contribution in [1.29, 1.82) is 0 Å². The zero-order chi connectivity index (χ0) is 15.1. The molecule has 2 unspecified atom stereocenters. The molecule has 2 atom stereocenters. The quantitative estimate of drug-likeness (QED) is 0.654. The molecule has 1 saturated heterocycles. The Hall–Kier alpha value is -0.840. The molecule has 1 N–H and O–H groups in total. The van der Waals surface area contributed by atoms with Crippen molar-refractivity contribution < 1.29 is 22.4 Å². The number of aromatic nitrogens is 2. The standard InChI is InChI=1S/C10H14ClN3O5S/c1-10(2)18-7(6-4-12-9(11)13-5-6)8(19-10)14(3)20(15,16)17/h4-5,7-8H,1-3H3,(H,15,16,17). The molecule has 8 nitrogen and oxygen atoms in total. The Morgan fingerprint density at radius 2 is 1.90 bits per heavy atom. The molecule has 1 fully saturated rings. The Kier molecular flexibility index (Phi) is 4.02. The number of ether oxygens (including phenoxy) is 2. The maximum absolute atomic E-state index is 11.3. The topological polar surface area (TPSA) is 102 Å². The van der Waals surface area contributed by atoms with E-state index in [1.165, 1.54) is 19.4 Å². The van der Waals surface area contributed by atoms with Crippen LogP contribution in [0, 0.1) is 0 Å². The van der Waals surface area contributed by atoms with Gasteiger partial charge in [0.1, 0.15) is 6.10 Å². The third kappa shape index (κ3) is 3.25. The van der Waals surface area contributed by atoms with Crippen molar-refractivity contribution in [2.45, 2.75) is 32.0 Å². The second-order valence-electron chi connectivity index (χ2n) is 4.73. The van der Waals surface area contributed by atoms with Crippen LogP contribution in [0.1, 0.15) is 25.5 Å². The van der Waals surface area contributed by atoms with Gasteiger partial charge < -0.3 is 9.47 Å². The number of nitrogens with zero attached hydrogens (tertiary/aromatic N) is 3. The molecule has 2 rings (SSSR count). The van der Waals surface area contributed by atoms with E-state index in [9.17, 15) is 8.42 Å². The Morgan fingerprint density at radius 3 is 2.40 bits per heavy atom. The van der Waals surface area contributed by atoms with Crippen molar-refractivity contribution >= 4 is 21.9 Å². The van der Waals surface area contributed by atoms with Gasteiger partial charge in [-0.25, -0.2) is 9.97 Å². The molecular weight excluding hydrogens is 310 g/mol. The number of rotatable bonds is 3. The Labute approximate surface area is 121 Å². The normalized spacial score (nSPS) is 26.1. The summed E-state index contributed by atoms with van der Waals surface area (Å²) in [6.45, 7) is 3.27. The summed E-state index contributed by atoms with van der Waals surface area (Å²) in [4.78, 5) is 7.63. The van der Waals surface area contributed by atoms with E-state index in [0.29, 0.717) is 9.87 Å². The van der Waals surface area contributed by atoms with Crippen LogP contribution in [0.4, 0.5) is 0 Å². The summed E-state index contributed by atoms with van der Waals surface area (Å²) in [6.07, 6.45) is 1.00. The number of hydrogen-bond acceptors (Lipinski definition) is 6. The lowest BCUT2D eigenvalue weighted by Gasteiger charge is -2.23. The first kappa shape index (κ1) is 15.5. The first-order valence-electron chi connectivity index (χ1n) is 5.64. The summed E-state index contributed by atoms with van der Waals surface area (Å²) in [6, 6.07) is 0. The van der Waals surface area contributed by atoms with Gasteiger partial charge in [-0.3, -0.25) is 4.55 Å². The molecular formula is C10H14ClN3O5S. The fourth-order valence-corrected chi connectivity index (χ4v) is 2.36. The molecule has 0 radical (unpaired) electrons. The highest BCUT2D eigenvalue weighted by atomic mass is 35.5. The van der Waals surface area contributed by atoms with Gasteiger partial charge >= 0.3 is 10.3 Å². The molecule has 112 valence electrons. The van der Waals surface area contributed by atoms with E-state index < -0.39 is 28.4 Å². The van der Waals surface area contributed by atoms with Gasteiger partial charge in [0.25, 0.3) is 0 Å². The van der Waals surface area contributed by atoms with Crippen LogP contribution in [0.5, 0.6) is 0 Å². The molecule has 20 heavy (non-hydrogen) atoms. The molecule has 0 amide bonds. The predicted octanol–water partition coefficient (Wildman–Crippen LogP) is 1.01. The van der Waals surface area contributed by atoms with E-state index in [-0.39, 0.29) is 5.28 Å². The summed E-state index contributed by atoms with van der Waals surface area (Å²) in [5.41, 5.74) is 0.487. The van der Waals surface area contributed by atoms with E-state index in [2.05, 4.69) is 9.97 Å². The van der Waals surface area contributed by atoms with E-state index in [1.54, 1.807) is 13.8 Å². The van der Waals surface area contributed by atoms with Crippen molar-refractivity contribution in [3.8, 4) is 0 Å². The molecule has 1 aliphatic rings. The van der Waals surface area contributed by atoms with E-state index in [0.717, 1.165) is 0 Å². The monoisotopic (exact) mass is 323 g/mol. The van der Waals surface area contributed by atoms with Crippen LogP contribution in [0.2, 0.25) is 5.28 Å². The molecule has 1 aromatic heterocycles. The largest absolute Gasteiger partial charge is 0.338 e. The van der Waals surface area contributed by atoms with Gasteiger partial charge in [-0.2, -0.15) is 12.7 Å². The van der Waals surface area contributed by atoms with Crippen LogP contribution < -0.4 is 0 Å². The summed E-state index contributed by atoms with van der Waals surface area (Å²) in [7, 11) is -3.24. The zero-order valence-electron chi connectivity index (χ0n) is 11.0. The maximum Gasteiger partial charge on any atom is 0.337 e. The number of hydrogen-bond donors (Lipinski definition) is 1. The lowest BCUT2D eigenvalue weighted by molar-refractivity contribution is -0.154. The van der Waals surface area contributed by atoms with E-state index in [1.807, 2.05) is 0 Å². The molecule has 1 aromatic rings. The number of likely N-dealkylation sites (N-methyl/N-ethyl adjacent to an activating group) is 1. The first-order chi connectivity index (χ1) is 9.10. The molecule has 10 heteroatoms. The summed E-state index contributed by atoms with van der Waals surface area (Å²) in [5.74, 6) is -1.02. The Bertz CT molecular complexity index is 591. The SMILES string of the molecule is CN(C1OC(C)(C)OC1c1cnc(Cl)nc1)S(=O)(=O)O. The van der Waals surface area contributed by atoms with Crippen molar-refractivity contribution in [2.75, 3.05) is 7.05 Å². The van der Waals surface area contributed by atoms with Gasteiger partial charge in [0.2, 0.25) is 5.28 Å². The summed E-state index contributed by atoms with van der Waals surface area (Å²) in [5, 5.41) is 0.0617. The fraction of sp³-hybridized carbons (Fsp3) is 0.600. The minimum Gasteiger partial charge on any atom is -0.338 e. The molecule has 2 heterocycles. The van der Waals surface area contributed by atoms with Crippen molar-refractivity contribution in [1.82, 2.24) is 14.3 Å². The highest BCUT2D eigenvalue weighted by Gasteiger charge is 2.47. The van der Waals surface area contributed by atoms with E-state index >= 15 is 0 Å². The van der Waals surface area contributed by atoms with Crippen LogP contribution in [0.3, 0.4) is 0 Å². The minimum absolute atomic E-state index is 0.0617. The van der Waals surface area contributed by atoms with Crippen molar-refractivity contribution in [2.24, 2.45) is 0 Å². The fourth-order valence-electron chi connectivity index (χ4n) is 1.84. The van der Waals surface area contributed by atoms with Crippen LogP contribution in [0.15, 0.2) is 12.4 Å². The summed E-state index contributed by atoms with van der Waals surface area (Å²) >= 11 is 5.61. The second-order valence-corrected chi connectivity index (χ2v) is 6.54. The third-order valence-electron chi connectivity index (χ3n) is 2.77. The average molecular weight is 324 g/mol. The van der Waals surface area contributed by atoms with Crippen LogP contribution >= 0.6 is 11.6 Å². The van der Waals surface area contributed by atoms with Gasteiger partial charge in [0.05, 0.1) is 0 Å². The molecule has 0 aromatic carbocycles.